The van der Waals surface area contributed by atoms with E-state index in [0.29, 0.717) is 5.56 Å². The number of nitrogens with zero attached hydrogens (tertiary/aromatic N) is 1. The molecule has 4 rings (SSSR count). The van der Waals surface area contributed by atoms with Crippen LogP contribution in [0, 0.1) is 0 Å². The summed E-state index contributed by atoms with van der Waals surface area (Å²) >= 11 is 0. The highest BCUT2D eigenvalue weighted by molar-refractivity contribution is 6.14. The second-order valence-electron chi connectivity index (χ2n) is 5.33. The Kier molecular flexibility index (Phi) is 3.24. The molecule has 0 aliphatic heterocycles. The summed E-state index contributed by atoms with van der Waals surface area (Å²) in [5.41, 5.74) is 2.29. The Morgan fingerprint density at radius 1 is 1.04 bits per heavy atom. The zero-order chi connectivity index (χ0) is 15.6. The van der Waals surface area contributed by atoms with Crippen molar-refractivity contribution in [2.24, 2.45) is 0 Å². The molecule has 0 aliphatic carbocycles. The predicted molar refractivity (Wildman–Crippen MR) is 91.3 cm³/mol. The van der Waals surface area contributed by atoms with Gasteiger partial charge in [0.15, 0.2) is 5.78 Å². The summed E-state index contributed by atoms with van der Waals surface area (Å²) in [7, 11) is 0. The Hall–Kier alpha value is -3.20. The number of rotatable bonds is 3. The molecule has 0 aliphatic rings. The second kappa shape index (κ2) is 5.54. The highest BCUT2D eigenvalue weighted by Crippen LogP contribution is 2.22. The number of benzene rings is 2. The van der Waals surface area contributed by atoms with E-state index in [1.165, 1.54) is 6.26 Å². The molecule has 0 spiro atoms. The minimum atomic E-state index is -0.0650. The number of hydrogen-bond acceptors (Lipinski definition) is 3. The first-order chi connectivity index (χ1) is 11.3. The number of para-hydroxylation sites is 1. The van der Waals surface area contributed by atoms with Crippen molar-refractivity contribution in [2.45, 2.75) is 0 Å². The molecule has 2 aromatic heterocycles. The summed E-state index contributed by atoms with van der Waals surface area (Å²) in [6.45, 7) is 0. The third-order valence-electron chi connectivity index (χ3n) is 3.84. The fraction of sp³-hybridized carbons (Fsp3) is 0. The van der Waals surface area contributed by atoms with Crippen LogP contribution in [0.25, 0.3) is 27.8 Å². The monoisotopic (exact) mass is 299 g/mol. The molecule has 0 fully saturated rings. The third kappa shape index (κ3) is 2.53. The molecule has 2 aromatic carbocycles. The molecule has 110 valence electrons. The van der Waals surface area contributed by atoms with Crippen LogP contribution in [0.1, 0.15) is 15.9 Å². The first-order valence-corrected chi connectivity index (χ1v) is 7.34. The lowest BCUT2D eigenvalue weighted by atomic mass is 10.1. The van der Waals surface area contributed by atoms with Crippen LogP contribution in [-0.2, 0) is 0 Å². The molecule has 0 saturated carbocycles. The van der Waals surface area contributed by atoms with E-state index in [2.05, 4.69) is 4.98 Å². The van der Waals surface area contributed by atoms with Gasteiger partial charge < -0.3 is 4.42 Å². The summed E-state index contributed by atoms with van der Waals surface area (Å²) in [5.74, 6) is -0.0650. The second-order valence-corrected chi connectivity index (χ2v) is 5.33. The summed E-state index contributed by atoms with van der Waals surface area (Å²) in [6.07, 6.45) is 8.51. The molecule has 3 heteroatoms. The van der Waals surface area contributed by atoms with Gasteiger partial charge in [0.05, 0.1) is 5.56 Å². The largest absolute Gasteiger partial charge is 0.464 e. The zero-order valence-electron chi connectivity index (χ0n) is 12.3. The van der Waals surface area contributed by atoms with Crippen LogP contribution in [0.15, 0.2) is 77.7 Å². The standard InChI is InChI=1S/C20H13NO2/c22-19(18-13-23-20-4-2-1-3-17(18)20)8-6-14-5-7-16-12-21-10-9-15(16)11-14/h1-13H/b8-6+. The molecular formula is C20H13NO2. The van der Waals surface area contributed by atoms with Gasteiger partial charge in [0.2, 0.25) is 0 Å². The molecule has 0 unspecified atom stereocenters. The van der Waals surface area contributed by atoms with Crippen LogP contribution >= 0.6 is 0 Å². The summed E-state index contributed by atoms with van der Waals surface area (Å²) < 4.78 is 5.42. The van der Waals surface area contributed by atoms with Gasteiger partial charge in [0.25, 0.3) is 0 Å². The van der Waals surface area contributed by atoms with Crippen LogP contribution in [0.3, 0.4) is 0 Å². The Morgan fingerprint density at radius 2 is 1.96 bits per heavy atom. The quantitative estimate of drug-likeness (QED) is 0.400. The van der Waals surface area contributed by atoms with Crippen molar-refractivity contribution >= 4 is 33.6 Å². The van der Waals surface area contributed by atoms with Crippen LogP contribution in [-0.4, -0.2) is 10.8 Å². The normalized spacial score (nSPS) is 11.5. The Balaban J connectivity index is 1.65. The van der Waals surface area contributed by atoms with E-state index in [0.717, 1.165) is 27.3 Å². The topological polar surface area (TPSA) is 43.1 Å². The first kappa shape index (κ1) is 13.5. The van der Waals surface area contributed by atoms with Gasteiger partial charge in [-0.1, -0.05) is 36.4 Å². The minimum Gasteiger partial charge on any atom is -0.464 e. The maximum Gasteiger partial charge on any atom is 0.189 e. The Labute approximate surface area is 132 Å². The van der Waals surface area contributed by atoms with E-state index in [1.54, 1.807) is 12.3 Å². The molecule has 0 N–H and O–H groups in total. The van der Waals surface area contributed by atoms with Crippen molar-refractivity contribution in [2.75, 3.05) is 0 Å². The Morgan fingerprint density at radius 3 is 2.91 bits per heavy atom. The van der Waals surface area contributed by atoms with Crippen molar-refractivity contribution < 1.29 is 9.21 Å². The Bertz CT molecular complexity index is 1040. The van der Waals surface area contributed by atoms with Gasteiger partial charge in [-0.15, -0.1) is 0 Å². The van der Waals surface area contributed by atoms with Gasteiger partial charge in [-0.05, 0) is 35.2 Å². The number of carbonyl (C=O) groups excluding carboxylic acids is 1. The van der Waals surface area contributed by atoms with E-state index >= 15 is 0 Å². The highest BCUT2D eigenvalue weighted by atomic mass is 16.3. The van der Waals surface area contributed by atoms with Gasteiger partial charge >= 0.3 is 0 Å². The van der Waals surface area contributed by atoms with Gasteiger partial charge in [-0.25, -0.2) is 0 Å². The summed E-state index contributed by atoms with van der Waals surface area (Å²) in [6, 6.07) is 15.5. The zero-order valence-corrected chi connectivity index (χ0v) is 12.3. The van der Waals surface area contributed by atoms with Crippen LogP contribution in [0.5, 0.6) is 0 Å². The molecule has 0 amide bonds. The van der Waals surface area contributed by atoms with Gasteiger partial charge in [0, 0.05) is 23.2 Å². The van der Waals surface area contributed by atoms with Crippen LogP contribution in [0.2, 0.25) is 0 Å². The average molecular weight is 299 g/mol. The summed E-state index contributed by atoms with van der Waals surface area (Å²) in [4.78, 5) is 16.5. The fourth-order valence-electron chi connectivity index (χ4n) is 2.64. The number of hydrogen-bond donors (Lipinski definition) is 0. The highest BCUT2D eigenvalue weighted by Gasteiger charge is 2.10. The lowest BCUT2D eigenvalue weighted by Gasteiger charge is -1.98. The number of carbonyl (C=O) groups is 1. The molecule has 2 heterocycles. The van der Waals surface area contributed by atoms with Crippen LogP contribution in [0.4, 0.5) is 0 Å². The number of fused-ring (bicyclic) bond motifs is 2. The lowest BCUT2D eigenvalue weighted by Crippen LogP contribution is -1.91. The smallest absolute Gasteiger partial charge is 0.189 e. The molecular weight excluding hydrogens is 286 g/mol. The van der Waals surface area contributed by atoms with Crippen molar-refractivity contribution in [1.29, 1.82) is 0 Å². The molecule has 0 radical (unpaired) electrons. The van der Waals surface area contributed by atoms with Crippen molar-refractivity contribution in [3.05, 3.63) is 84.4 Å². The SMILES string of the molecule is O=C(/C=C/c1ccc2cnccc2c1)c1coc2ccccc12. The van der Waals surface area contributed by atoms with Gasteiger partial charge in [-0.3, -0.25) is 9.78 Å². The minimum absolute atomic E-state index is 0.0650. The molecule has 0 saturated heterocycles. The molecule has 0 atom stereocenters. The van der Waals surface area contributed by atoms with Crippen molar-refractivity contribution in [1.82, 2.24) is 4.98 Å². The summed E-state index contributed by atoms with van der Waals surface area (Å²) in [5, 5.41) is 3.02. The maximum absolute atomic E-state index is 12.4. The predicted octanol–water partition coefficient (Wildman–Crippen LogP) is 4.88. The first-order valence-electron chi connectivity index (χ1n) is 7.34. The van der Waals surface area contributed by atoms with E-state index < -0.39 is 0 Å². The number of aromatic nitrogens is 1. The molecule has 3 nitrogen and oxygen atoms in total. The maximum atomic E-state index is 12.4. The van der Waals surface area contributed by atoms with E-state index in [9.17, 15) is 4.79 Å². The van der Waals surface area contributed by atoms with Gasteiger partial charge in [-0.2, -0.15) is 0 Å². The lowest BCUT2D eigenvalue weighted by molar-refractivity contribution is 0.104. The number of pyridine rings is 1. The number of allylic oxidation sites excluding steroid dienone is 1. The third-order valence-corrected chi connectivity index (χ3v) is 3.84. The van der Waals surface area contributed by atoms with E-state index in [-0.39, 0.29) is 5.78 Å². The van der Waals surface area contributed by atoms with Gasteiger partial charge in [0.1, 0.15) is 11.8 Å². The average Bonchev–Trinajstić information content (AvgIpc) is 3.03. The molecule has 23 heavy (non-hydrogen) atoms. The molecule has 0 bridgehead atoms. The van der Waals surface area contributed by atoms with E-state index in [1.807, 2.05) is 60.8 Å². The van der Waals surface area contributed by atoms with Crippen molar-refractivity contribution in [3.63, 3.8) is 0 Å². The number of furan rings is 1. The molecule has 4 aromatic rings. The van der Waals surface area contributed by atoms with Crippen molar-refractivity contribution in [3.8, 4) is 0 Å². The van der Waals surface area contributed by atoms with E-state index in [4.69, 9.17) is 4.42 Å². The fourth-order valence-corrected chi connectivity index (χ4v) is 2.64. The number of ketones is 1. The van der Waals surface area contributed by atoms with Crippen LogP contribution < -0.4 is 0 Å².